The van der Waals surface area contributed by atoms with Gasteiger partial charge in [0.2, 0.25) is 5.91 Å². The predicted octanol–water partition coefficient (Wildman–Crippen LogP) is 4.91. The number of H-pyrrole nitrogens is 1. The third kappa shape index (κ3) is 5.91. The monoisotopic (exact) mass is 570 g/mol. The summed E-state index contributed by atoms with van der Waals surface area (Å²) in [5.74, 6) is -0.0413. The number of aliphatic hydroxyl groups excluding tert-OH is 1. The minimum atomic E-state index is -0.567. The van der Waals surface area contributed by atoms with Crippen molar-refractivity contribution in [2.75, 3.05) is 25.0 Å². The second-order valence-electron chi connectivity index (χ2n) is 11.5. The number of likely N-dealkylation sites (tertiary alicyclic amines) is 1. The highest BCUT2D eigenvalue weighted by atomic mass is 16.7. The lowest BCUT2D eigenvalue weighted by Crippen LogP contribution is -2.47. The summed E-state index contributed by atoms with van der Waals surface area (Å²) in [6.07, 6.45) is 0.925. The Hall–Kier alpha value is -3.76. The van der Waals surface area contributed by atoms with E-state index in [1.165, 1.54) is 6.92 Å². The first-order valence-electron chi connectivity index (χ1n) is 14.7. The van der Waals surface area contributed by atoms with E-state index in [1.807, 2.05) is 77.4 Å². The van der Waals surface area contributed by atoms with Gasteiger partial charge in [0.25, 0.3) is 0 Å². The third-order valence-electron chi connectivity index (χ3n) is 8.61. The number of amides is 1. The van der Waals surface area contributed by atoms with Crippen molar-refractivity contribution in [2.24, 2.45) is 5.92 Å². The maximum atomic E-state index is 12.8. The van der Waals surface area contributed by atoms with Crippen molar-refractivity contribution in [3.63, 3.8) is 0 Å². The van der Waals surface area contributed by atoms with E-state index in [4.69, 9.17) is 9.47 Å². The molecular formula is C33H38N4O5. The average Bonchev–Trinajstić information content (AvgIpc) is 3.34. The zero-order valence-electron chi connectivity index (χ0n) is 24.0. The summed E-state index contributed by atoms with van der Waals surface area (Å²) in [6, 6.07) is 23.5. The van der Waals surface area contributed by atoms with Gasteiger partial charge in [-0.3, -0.25) is 9.36 Å². The number of carbonyl (C=O) groups excluding carboxylic acids is 1. The number of aliphatic hydroxyl groups is 1. The normalized spacial score (nSPS) is 23.7. The van der Waals surface area contributed by atoms with E-state index in [1.54, 1.807) is 0 Å². The first-order valence-corrected chi connectivity index (χ1v) is 14.7. The molecule has 0 unspecified atom stereocenters. The fourth-order valence-electron chi connectivity index (χ4n) is 6.31. The molecule has 2 aliphatic heterocycles. The van der Waals surface area contributed by atoms with E-state index < -0.39 is 6.29 Å². The molecule has 1 aromatic heterocycles. The molecule has 42 heavy (non-hydrogen) atoms. The van der Waals surface area contributed by atoms with E-state index in [-0.39, 0.29) is 42.4 Å². The molecule has 0 bridgehead atoms. The third-order valence-corrected chi connectivity index (χ3v) is 8.61. The summed E-state index contributed by atoms with van der Waals surface area (Å²) < 4.78 is 15.1. The molecular weight excluding hydrogens is 532 g/mol. The van der Waals surface area contributed by atoms with Crippen LogP contribution in [0.5, 0.6) is 0 Å². The fourth-order valence-corrected chi connectivity index (χ4v) is 6.31. The van der Waals surface area contributed by atoms with Gasteiger partial charge in [0.05, 0.1) is 29.8 Å². The van der Waals surface area contributed by atoms with E-state index in [9.17, 15) is 14.7 Å². The lowest BCUT2D eigenvalue weighted by atomic mass is 9.89. The van der Waals surface area contributed by atoms with Gasteiger partial charge in [-0.25, -0.2) is 4.79 Å². The van der Waals surface area contributed by atoms with Gasteiger partial charge in [-0.2, -0.15) is 0 Å². The number of benzene rings is 3. The minimum Gasteiger partial charge on any atom is -0.392 e. The Morgan fingerprint density at radius 3 is 2.36 bits per heavy atom. The summed E-state index contributed by atoms with van der Waals surface area (Å²) in [6.45, 7) is 6.15. The number of imidazole rings is 1. The Kier molecular flexibility index (Phi) is 8.26. The largest absolute Gasteiger partial charge is 0.392 e. The first kappa shape index (κ1) is 28.4. The summed E-state index contributed by atoms with van der Waals surface area (Å²) in [7, 11) is 0. The van der Waals surface area contributed by atoms with Crippen LogP contribution < -0.4 is 11.0 Å². The molecule has 2 fully saturated rings. The Labute approximate surface area is 245 Å². The van der Waals surface area contributed by atoms with Crippen LogP contribution in [0.25, 0.3) is 11.0 Å². The van der Waals surface area contributed by atoms with Crippen LogP contribution in [-0.2, 0) is 20.9 Å². The number of piperidine rings is 1. The molecule has 9 nitrogen and oxygen atoms in total. The van der Waals surface area contributed by atoms with Gasteiger partial charge < -0.3 is 29.8 Å². The number of hydrogen-bond donors (Lipinski definition) is 3. The van der Waals surface area contributed by atoms with Crippen LogP contribution in [0.1, 0.15) is 61.8 Å². The summed E-state index contributed by atoms with van der Waals surface area (Å²) in [5, 5.41) is 12.3. The molecule has 0 spiro atoms. The lowest BCUT2D eigenvalue weighted by Gasteiger charge is -2.44. The minimum absolute atomic E-state index is 0.00298. The highest BCUT2D eigenvalue weighted by molar-refractivity contribution is 5.88. The van der Waals surface area contributed by atoms with E-state index in [0.717, 1.165) is 65.9 Å². The Morgan fingerprint density at radius 2 is 1.67 bits per heavy atom. The first-order chi connectivity index (χ1) is 20.4. The van der Waals surface area contributed by atoms with Gasteiger partial charge in [0, 0.05) is 49.8 Å². The summed E-state index contributed by atoms with van der Waals surface area (Å²) in [4.78, 5) is 29.7. The van der Waals surface area contributed by atoms with Crippen LogP contribution >= 0.6 is 0 Å². The van der Waals surface area contributed by atoms with Crippen molar-refractivity contribution in [3.05, 3.63) is 100.0 Å². The van der Waals surface area contributed by atoms with Crippen molar-refractivity contribution < 1.29 is 19.4 Å². The summed E-state index contributed by atoms with van der Waals surface area (Å²) >= 11 is 0. The number of hydrogen-bond acceptors (Lipinski definition) is 6. The van der Waals surface area contributed by atoms with Crippen LogP contribution in [0.2, 0.25) is 0 Å². The number of nitrogens with zero attached hydrogens (tertiary/aromatic N) is 2. The van der Waals surface area contributed by atoms with Gasteiger partial charge in [-0.05, 0) is 48.2 Å². The van der Waals surface area contributed by atoms with Crippen molar-refractivity contribution in [1.29, 1.82) is 0 Å². The molecule has 2 aliphatic rings. The van der Waals surface area contributed by atoms with E-state index in [0.29, 0.717) is 0 Å². The molecule has 2 saturated heterocycles. The summed E-state index contributed by atoms with van der Waals surface area (Å²) in [5.41, 5.74) is 5.31. The highest BCUT2D eigenvalue weighted by Crippen LogP contribution is 2.42. The number of fused-ring (bicyclic) bond motifs is 1. The van der Waals surface area contributed by atoms with Crippen LogP contribution in [0.4, 0.5) is 5.69 Å². The molecule has 3 heterocycles. The molecule has 4 atom stereocenters. The number of nitrogens with one attached hydrogen (secondary N) is 2. The quantitative estimate of drug-likeness (QED) is 0.291. The zero-order valence-corrected chi connectivity index (χ0v) is 24.0. The standard InChI is InChI=1S/C33H38N4O5/c1-21-30(19-36-17-15-27(16-18-36)37-29-6-4-3-5-28(29)35-33(37)40)41-32(25-11-13-26(14-12-25)34-22(2)39)42-31(21)24-9-7-23(20-38)8-10-24/h3-14,21,27,30-32,38H,15-20H2,1-2H3,(H,34,39)(H,35,40)/t21-,30+,31+,32+/m1/s1. The molecule has 1 amide bonds. The Balaban J connectivity index is 1.19. The second kappa shape index (κ2) is 12.2. The van der Waals surface area contributed by atoms with Crippen LogP contribution in [0.15, 0.2) is 77.6 Å². The van der Waals surface area contributed by atoms with Crippen molar-refractivity contribution >= 4 is 22.6 Å². The Bertz CT molecular complexity index is 1570. The molecule has 6 rings (SSSR count). The van der Waals surface area contributed by atoms with Gasteiger partial charge in [-0.1, -0.05) is 55.5 Å². The van der Waals surface area contributed by atoms with Gasteiger partial charge in [0.1, 0.15) is 0 Å². The van der Waals surface area contributed by atoms with Gasteiger partial charge in [-0.15, -0.1) is 0 Å². The average molecular weight is 571 g/mol. The lowest BCUT2D eigenvalue weighted by molar-refractivity contribution is -0.276. The number of aromatic amines is 1. The van der Waals surface area contributed by atoms with Crippen molar-refractivity contribution in [2.45, 2.75) is 57.8 Å². The van der Waals surface area contributed by atoms with Crippen LogP contribution in [0, 0.1) is 5.92 Å². The molecule has 3 N–H and O–H groups in total. The molecule has 0 radical (unpaired) electrons. The highest BCUT2D eigenvalue weighted by Gasteiger charge is 2.39. The molecule has 4 aromatic rings. The number of aromatic nitrogens is 2. The maximum Gasteiger partial charge on any atom is 0.326 e. The number of anilines is 1. The van der Waals surface area contributed by atoms with Gasteiger partial charge >= 0.3 is 5.69 Å². The van der Waals surface area contributed by atoms with Crippen LogP contribution in [-0.4, -0.2) is 51.2 Å². The van der Waals surface area contributed by atoms with Gasteiger partial charge in [0.15, 0.2) is 6.29 Å². The topological polar surface area (TPSA) is 109 Å². The number of carbonyl (C=O) groups is 1. The van der Waals surface area contributed by atoms with Crippen molar-refractivity contribution in [1.82, 2.24) is 14.5 Å². The van der Waals surface area contributed by atoms with Crippen LogP contribution in [0.3, 0.4) is 0 Å². The van der Waals surface area contributed by atoms with E-state index in [2.05, 4.69) is 22.1 Å². The zero-order chi connectivity index (χ0) is 29.2. The maximum absolute atomic E-state index is 12.8. The smallest absolute Gasteiger partial charge is 0.326 e. The molecule has 0 aliphatic carbocycles. The van der Waals surface area contributed by atoms with Crippen molar-refractivity contribution in [3.8, 4) is 0 Å². The number of rotatable bonds is 7. The number of ether oxygens (including phenoxy) is 2. The molecule has 9 heteroatoms. The Morgan fingerprint density at radius 1 is 0.976 bits per heavy atom. The molecule has 3 aromatic carbocycles. The number of para-hydroxylation sites is 2. The second-order valence-corrected chi connectivity index (χ2v) is 11.5. The molecule has 0 saturated carbocycles. The predicted molar refractivity (Wildman–Crippen MR) is 161 cm³/mol. The molecule has 220 valence electrons. The fraction of sp³-hybridized carbons (Fsp3) is 0.394. The van der Waals surface area contributed by atoms with E-state index >= 15 is 0 Å². The SMILES string of the molecule is CC(=O)Nc1ccc([C@H]2O[C@@H](CN3CCC(n4c(=O)[nH]c5ccccc54)CC3)[C@@H](C)[C@@H](c3ccc(CO)cc3)O2)cc1.